The van der Waals surface area contributed by atoms with Crippen LogP contribution in [-0.2, 0) is 4.79 Å². The van der Waals surface area contributed by atoms with Crippen LogP contribution >= 0.6 is 11.3 Å². The number of carbonyl (C=O) groups is 2. The van der Waals surface area contributed by atoms with Crippen molar-refractivity contribution >= 4 is 33.3 Å². The predicted octanol–water partition coefficient (Wildman–Crippen LogP) is 3.87. The van der Waals surface area contributed by atoms with Gasteiger partial charge in [-0.05, 0) is 30.0 Å². The summed E-state index contributed by atoms with van der Waals surface area (Å²) >= 11 is 1.44. The molecule has 3 atom stereocenters. The van der Waals surface area contributed by atoms with Gasteiger partial charge in [0.2, 0.25) is 0 Å². The Kier molecular flexibility index (Phi) is 3.52. The number of para-hydroxylation sites is 1. The number of benzene rings is 2. The minimum absolute atomic E-state index is 0.132. The number of hydrogen-bond acceptors (Lipinski definition) is 4. The van der Waals surface area contributed by atoms with E-state index in [9.17, 15) is 14.7 Å². The Hall–Kier alpha value is -2.86. The number of rotatable bonds is 2. The van der Waals surface area contributed by atoms with Gasteiger partial charge in [-0.3, -0.25) is 9.59 Å². The van der Waals surface area contributed by atoms with Gasteiger partial charge >= 0.3 is 5.97 Å². The second-order valence-corrected chi connectivity index (χ2v) is 8.16. The summed E-state index contributed by atoms with van der Waals surface area (Å²) in [4.78, 5) is 27.4. The van der Waals surface area contributed by atoms with Gasteiger partial charge in [0.1, 0.15) is 17.8 Å². The van der Waals surface area contributed by atoms with Gasteiger partial charge in [-0.25, -0.2) is 0 Å². The Morgan fingerprint density at radius 3 is 2.78 bits per heavy atom. The first-order valence-electron chi connectivity index (χ1n) is 8.83. The number of aliphatic carboxylic acids is 1. The van der Waals surface area contributed by atoms with Crippen LogP contribution in [0.25, 0.3) is 10.1 Å². The van der Waals surface area contributed by atoms with Crippen molar-refractivity contribution in [3.63, 3.8) is 0 Å². The molecule has 3 aromatic rings. The van der Waals surface area contributed by atoms with Crippen LogP contribution in [0.5, 0.6) is 5.75 Å². The van der Waals surface area contributed by atoms with E-state index in [-0.39, 0.29) is 18.5 Å². The largest absolute Gasteiger partial charge is 0.486 e. The summed E-state index contributed by atoms with van der Waals surface area (Å²) in [7, 11) is 0. The van der Waals surface area contributed by atoms with E-state index in [4.69, 9.17) is 4.74 Å². The van der Waals surface area contributed by atoms with Gasteiger partial charge in [0, 0.05) is 16.8 Å². The lowest BCUT2D eigenvalue weighted by Crippen LogP contribution is -2.31. The van der Waals surface area contributed by atoms with Crippen molar-refractivity contribution in [3.05, 3.63) is 64.5 Å². The standard InChI is InChI=1S/C21H17NO4S/c1-11-5-4-7-13-17-19(26-18(11)13)14(21(24)25)10-22(17)20(23)16-9-12-6-2-3-8-15(12)27-16/h2-9,14,17,19H,10H2,1H3,(H,24,25)/t14-,17+,19+/m1/s1. The number of hydrogen-bond donors (Lipinski definition) is 1. The molecule has 0 aliphatic carbocycles. The SMILES string of the molecule is Cc1cccc2c1O[C@H]1[C@H](C(=O)O)CN(C(=O)c3cc4ccccc4s3)[C@@H]21. The molecule has 1 saturated heterocycles. The van der Waals surface area contributed by atoms with Crippen molar-refractivity contribution in [1.82, 2.24) is 4.90 Å². The molecule has 27 heavy (non-hydrogen) atoms. The minimum Gasteiger partial charge on any atom is -0.486 e. The van der Waals surface area contributed by atoms with Crippen LogP contribution in [0.4, 0.5) is 0 Å². The highest BCUT2D eigenvalue weighted by Gasteiger charge is 2.54. The molecule has 0 saturated carbocycles. The topological polar surface area (TPSA) is 66.8 Å². The first-order chi connectivity index (χ1) is 13.0. The smallest absolute Gasteiger partial charge is 0.312 e. The fourth-order valence-corrected chi connectivity index (χ4v) is 5.20. The molecule has 5 rings (SSSR count). The van der Waals surface area contributed by atoms with E-state index in [0.29, 0.717) is 10.6 Å². The molecule has 2 aromatic carbocycles. The van der Waals surface area contributed by atoms with Gasteiger partial charge in [-0.15, -0.1) is 11.3 Å². The summed E-state index contributed by atoms with van der Waals surface area (Å²) in [5.41, 5.74) is 1.86. The maximum Gasteiger partial charge on any atom is 0.312 e. The zero-order valence-electron chi connectivity index (χ0n) is 14.6. The molecule has 1 amide bonds. The number of carboxylic acid groups (broad SMARTS) is 1. The third-order valence-electron chi connectivity index (χ3n) is 5.47. The van der Waals surface area contributed by atoms with Crippen LogP contribution in [0, 0.1) is 12.8 Å². The van der Waals surface area contributed by atoms with Crippen molar-refractivity contribution in [2.24, 2.45) is 5.92 Å². The fourth-order valence-electron chi connectivity index (χ4n) is 4.18. The number of fused-ring (bicyclic) bond motifs is 4. The Morgan fingerprint density at radius 2 is 2.00 bits per heavy atom. The van der Waals surface area contributed by atoms with Crippen molar-refractivity contribution < 1.29 is 19.4 Å². The summed E-state index contributed by atoms with van der Waals surface area (Å²) < 4.78 is 7.09. The van der Waals surface area contributed by atoms with Crippen LogP contribution in [0.3, 0.4) is 0 Å². The predicted molar refractivity (Wildman–Crippen MR) is 102 cm³/mol. The Balaban J connectivity index is 1.58. The second kappa shape index (κ2) is 5.82. The Labute approximate surface area is 159 Å². The molecule has 6 heteroatoms. The average Bonchev–Trinajstić information content (AvgIpc) is 3.33. The van der Waals surface area contributed by atoms with E-state index in [1.807, 2.05) is 55.5 Å². The van der Waals surface area contributed by atoms with Crippen LogP contribution in [0.2, 0.25) is 0 Å². The molecule has 1 N–H and O–H groups in total. The maximum absolute atomic E-state index is 13.3. The Bertz CT molecular complexity index is 1060. The van der Waals surface area contributed by atoms with Crippen LogP contribution in [0.1, 0.15) is 26.8 Å². The molecule has 0 spiro atoms. The highest BCUT2D eigenvalue weighted by molar-refractivity contribution is 7.20. The number of carboxylic acids is 1. The molecule has 0 bridgehead atoms. The number of amides is 1. The summed E-state index contributed by atoms with van der Waals surface area (Å²) in [6, 6.07) is 15.2. The first-order valence-corrected chi connectivity index (χ1v) is 9.65. The molecule has 5 nitrogen and oxygen atoms in total. The molecular weight excluding hydrogens is 362 g/mol. The maximum atomic E-state index is 13.3. The number of likely N-dealkylation sites (tertiary alicyclic amines) is 1. The van der Waals surface area contributed by atoms with Crippen molar-refractivity contribution in [2.45, 2.75) is 19.1 Å². The van der Waals surface area contributed by atoms with Gasteiger partial charge in [0.15, 0.2) is 0 Å². The minimum atomic E-state index is -0.929. The number of nitrogens with zero attached hydrogens (tertiary/aromatic N) is 1. The molecule has 0 radical (unpaired) electrons. The molecule has 2 aliphatic rings. The van der Waals surface area contributed by atoms with Crippen LogP contribution < -0.4 is 4.74 Å². The first kappa shape index (κ1) is 16.3. The second-order valence-electron chi connectivity index (χ2n) is 7.07. The number of carbonyl (C=O) groups excluding carboxylic acids is 1. The lowest BCUT2D eigenvalue weighted by molar-refractivity contribution is -0.143. The van der Waals surface area contributed by atoms with Crippen LogP contribution in [-0.4, -0.2) is 34.5 Å². The average molecular weight is 379 g/mol. The zero-order chi connectivity index (χ0) is 18.7. The van der Waals surface area contributed by atoms with Gasteiger partial charge in [0.05, 0.1) is 10.9 Å². The molecular formula is C21H17NO4S. The molecule has 136 valence electrons. The molecule has 2 aliphatic heterocycles. The number of thiophene rings is 1. The van der Waals surface area contributed by atoms with E-state index >= 15 is 0 Å². The van der Waals surface area contributed by atoms with Crippen LogP contribution in [0.15, 0.2) is 48.5 Å². The fraction of sp³-hybridized carbons (Fsp3) is 0.238. The third kappa shape index (κ3) is 2.36. The lowest BCUT2D eigenvalue weighted by Gasteiger charge is -2.22. The summed E-state index contributed by atoms with van der Waals surface area (Å²) in [5, 5.41) is 10.7. The normalized spacial score (nSPS) is 23.1. The molecule has 3 heterocycles. The number of aryl methyl sites for hydroxylation is 1. The number of ether oxygens (including phenoxy) is 1. The molecule has 1 aromatic heterocycles. The Morgan fingerprint density at radius 1 is 1.19 bits per heavy atom. The van der Waals surface area contributed by atoms with Gasteiger partial charge in [-0.1, -0.05) is 36.4 Å². The summed E-state index contributed by atoms with van der Waals surface area (Å²) in [5.74, 6) is -1.08. The third-order valence-corrected chi connectivity index (χ3v) is 6.57. The van der Waals surface area contributed by atoms with E-state index in [1.54, 1.807) is 4.90 Å². The quantitative estimate of drug-likeness (QED) is 0.734. The summed E-state index contributed by atoms with van der Waals surface area (Å²) in [6.07, 6.45) is -0.545. The van der Waals surface area contributed by atoms with Gasteiger partial charge in [-0.2, -0.15) is 0 Å². The monoisotopic (exact) mass is 379 g/mol. The molecule has 1 fully saturated rings. The van der Waals surface area contributed by atoms with Crippen molar-refractivity contribution in [2.75, 3.05) is 6.54 Å². The molecule has 0 unspecified atom stereocenters. The van der Waals surface area contributed by atoms with E-state index in [1.165, 1.54) is 11.3 Å². The zero-order valence-corrected chi connectivity index (χ0v) is 15.4. The van der Waals surface area contributed by atoms with Gasteiger partial charge < -0.3 is 14.7 Å². The van der Waals surface area contributed by atoms with Gasteiger partial charge in [0.25, 0.3) is 5.91 Å². The van der Waals surface area contributed by atoms with Crippen molar-refractivity contribution in [1.29, 1.82) is 0 Å². The van der Waals surface area contributed by atoms with E-state index in [0.717, 1.165) is 21.2 Å². The highest BCUT2D eigenvalue weighted by atomic mass is 32.1. The lowest BCUT2D eigenvalue weighted by atomic mass is 9.98. The van der Waals surface area contributed by atoms with E-state index in [2.05, 4.69) is 0 Å². The van der Waals surface area contributed by atoms with E-state index < -0.39 is 18.0 Å². The summed E-state index contributed by atoms with van der Waals surface area (Å²) in [6.45, 7) is 2.10. The highest BCUT2D eigenvalue weighted by Crippen LogP contribution is 2.49. The van der Waals surface area contributed by atoms with Crippen molar-refractivity contribution in [3.8, 4) is 5.75 Å².